The molecule has 0 aliphatic rings. The van der Waals surface area contributed by atoms with Gasteiger partial charge in [-0.15, -0.1) is 0 Å². The Hall–Kier alpha value is -0.410. The van der Waals surface area contributed by atoms with E-state index in [9.17, 15) is 4.39 Å². The van der Waals surface area contributed by atoms with Crippen LogP contribution in [0.4, 0.5) is 4.39 Å². The maximum Gasteiger partial charge on any atom is 0.109 e. The molecular formula is C9H11BrFN. The van der Waals surface area contributed by atoms with Crippen molar-refractivity contribution in [3.63, 3.8) is 0 Å². The van der Waals surface area contributed by atoms with E-state index < -0.39 is 12.7 Å². The summed E-state index contributed by atoms with van der Waals surface area (Å²) in [5, 5.41) is 0. The topological polar surface area (TPSA) is 26.0 Å². The van der Waals surface area contributed by atoms with Crippen LogP contribution < -0.4 is 5.73 Å². The lowest BCUT2D eigenvalue weighted by atomic mass is 10.0. The Morgan fingerprint density at radius 1 is 1.58 bits per heavy atom. The molecule has 0 saturated carbocycles. The van der Waals surface area contributed by atoms with E-state index in [2.05, 4.69) is 15.9 Å². The van der Waals surface area contributed by atoms with Crippen LogP contribution in [0.15, 0.2) is 22.7 Å². The van der Waals surface area contributed by atoms with Gasteiger partial charge in [0, 0.05) is 4.47 Å². The third-order valence-electron chi connectivity index (χ3n) is 1.80. The molecule has 0 aliphatic heterocycles. The van der Waals surface area contributed by atoms with Crippen molar-refractivity contribution in [3.05, 3.63) is 33.8 Å². The van der Waals surface area contributed by atoms with Gasteiger partial charge >= 0.3 is 0 Å². The fraction of sp³-hybridized carbons (Fsp3) is 0.333. The van der Waals surface area contributed by atoms with Gasteiger partial charge in [-0.2, -0.15) is 0 Å². The molecule has 0 amide bonds. The summed E-state index contributed by atoms with van der Waals surface area (Å²) in [6.07, 6.45) is 0. The van der Waals surface area contributed by atoms with Crippen LogP contribution in [0.1, 0.15) is 17.2 Å². The average molecular weight is 232 g/mol. The first kappa shape index (κ1) is 9.68. The number of hydrogen-bond acceptors (Lipinski definition) is 1. The summed E-state index contributed by atoms with van der Waals surface area (Å²) in [5.41, 5.74) is 7.45. The molecule has 12 heavy (non-hydrogen) atoms. The lowest BCUT2D eigenvalue weighted by molar-refractivity contribution is 0.436. The molecule has 1 aromatic rings. The highest BCUT2D eigenvalue weighted by Gasteiger charge is 2.07. The van der Waals surface area contributed by atoms with Crippen LogP contribution in [0.5, 0.6) is 0 Å². The van der Waals surface area contributed by atoms with Crippen LogP contribution in [-0.4, -0.2) is 6.67 Å². The fourth-order valence-corrected chi connectivity index (χ4v) is 1.61. The first-order chi connectivity index (χ1) is 5.65. The maximum absolute atomic E-state index is 12.2. The van der Waals surface area contributed by atoms with E-state index in [1.54, 1.807) is 0 Å². The molecule has 0 radical (unpaired) electrons. The maximum atomic E-state index is 12.2. The van der Waals surface area contributed by atoms with Gasteiger partial charge in [-0.3, -0.25) is 0 Å². The Kier molecular flexibility index (Phi) is 3.23. The lowest BCUT2D eigenvalue weighted by Gasteiger charge is -2.10. The second kappa shape index (κ2) is 4.01. The molecule has 1 nitrogen and oxygen atoms in total. The van der Waals surface area contributed by atoms with Crippen LogP contribution in [0.2, 0.25) is 0 Å². The predicted molar refractivity (Wildman–Crippen MR) is 51.8 cm³/mol. The van der Waals surface area contributed by atoms with Gasteiger partial charge in [-0.25, -0.2) is 4.39 Å². The molecular weight excluding hydrogens is 221 g/mol. The Morgan fingerprint density at radius 3 is 2.75 bits per heavy atom. The third kappa shape index (κ3) is 2.05. The molecule has 0 spiro atoms. The van der Waals surface area contributed by atoms with Gasteiger partial charge in [0.05, 0.1) is 6.04 Å². The van der Waals surface area contributed by atoms with E-state index in [1.165, 1.54) is 0 Å². The minimum absolute atomic E-state index is 0.488. The quantitative estimate of drug-likeness (QED) is 0.833. The van der Waals surface area contributed by atoms with Crippen molar-refractivity contribution in [1.82, 2.24) is 0 Å². The van der Waals surface area contributed by atoms with Crippen molar-refractivity contribution in [2.45, 2.75) is 13.0 Å². The molecule has 1 atom stereocenters. The first-order valence-corrected chi connectivity index (χ1v) is 4.52. The highest BCUT2D eigenvalue weighted by atomic mass is 79.9. The van der Waals surface area contributed by atoms with Gasteiger partial charge in [0.1, 0.15) is 6.67 Å². The molecule has 66 valence electrons. The van der Waals surface area contributed by atoms with Crippen LogP contribution in [-0.2, 0) is 0 Å². The van der Waals surface area contributed by atoms with Crippen molar-refractivity contribution < 1.29 is 4.39 Å². The summed E-state index contributed by atoms with van der Waals surface area (Å²) in [6.45, 7) is 1.41. The standard InChI is InChI=1S/C9H11BrFN/c1-6-4-7(10)2-3-8(6)9(12)5-11/h2-4,9H,5,12H2,1H3/t9-/m0/s1. The van der Waals surface area contributed by atoms with E-state index in [1.807, 2.05) is 25.1 Å². The van der Waals surface area contributed by atoms with E-state index in [4.69, 9.17) is 5.73 Å². The molecule has 0 bridgehead atoms. The highest BCUT2D eigenvalue weighted by molar-refractivity contribution is 9.10. The Labute approximate surface area is 79.9 Å². The van der Waals surface area contributed by atoms with Crippen LogP contribution >= 0.6 is 15.9 Å². The smallest absolute Gasteiger partial charge is 0.109 e. The zero-order valence-electron chi connectivity index (χ0n) is 6.85. The molecule has 1 aromatic carbocycles. The van der Waals surface area contributed by atoms with E-state index in [-0.39, 0.29) is 0 Å². The van der Waals surface area contributed by atoms with Crippen LogP contribution in [0.3, 0.4) is 0 Å². The lowest BCUT2D eigenvalue weighted by Crippen LogP contribution is -2.13. The number of halogens is 2. The third-order valence-corrected chi connectivity index (χ3v) is 2.29. The minimum Gasteiger partial charge on any atom is -0.322 e. The van der Waals surface area contributed by atoms with Crippen molar-refractivity contribution in [1.29, 1.82) is 0 Å². The number of hydrogen-bond donors (Lipinski definition) is 1. The molecule has 0 aromatic heterocycles. The monoisotopic (exact) mass is 231 g/mol. The number of aryl methyl sites for hydroxylation is 1. The van der Waals surface area contributed by atoms with Gasteiger partial charge in [0.15, 0.2) is 0 Å². The Morgan fingerprint density at radius 2 is 2.25 bits per heavy atom. The normalized spacial score (nSPS) is 13.0. The average Bonchev–Trinajstić information content (AvgIpc) is 2.03. The van der Waals surface area contributed by atoms with E-state index >= 15 is 0 Å². The summed E-state index contributed by atoms with van der Waals surface area (Å²) >= 11 is 3.33. The zero-order valence-corrected chi connectivity index (χ0v) is 8.44. The van der Waals surface area contributed by atoms with Gasteiger partial charge in [-0.1, -0.05) is 22.0 Å². The summed E-state index contributed by atoms with van der Waals surface area (Å²) in [5.74, 6) is 0. The van der Waals surface area contributed by atoms with Gasteiger partial charge in [0.25, 0.3) is 0 Å². The van der Waals surface area contributed by atoms with Gasteiger partial charge in [-0.05, 0) is 30.2 Å². The van der Waals surface area contributed by atoms with Crippen molar-refractivity contribution in [2.75, 3.05) is 6.67 Å². The zero-order chi connectivity index (χ0) is 9.14. The van der Waals surface area contributed by atoms with E-state index in [0.29, 0.717) is 0 Å². The molecule has 0 unspecified atom stereocenters. The van der Waals surface area contributed by atoms with Crippen molar-refractivity contribution in [3.8, 4) is 0 Å². The summed E-state index contributed by atoms with van der Waals surface area (Å²) < 4.78 is 13.2. The number of alkyl halides is 1. The summed E-state index contributed by atoms with van der Waals surface area (Å²) in [7, 11) is 0. The van der Waals surface area contributed by atoms with Crippen molar-refractivity contribution in [2.24, 2.45) is 5.73 Å². The number of rotatable bonds is 2. The summed E-state index contributed by atoms with van der Waals surface area (Å²) in [4.78, 5) is 0. The van der Waals surface area contributed by atoms with Crippen LogP contribution in [0.25, 0.3) is 0 Å². The van der Waals surface area contributed by atoms with Crippen molar-refractivity contribution >= 4 is 15.9 Å². The highest BCUT2D eigenvalue weighted by Crippen LogP contribution is 2.20. The number of nitrogens with two attached hydrogens (primary N) is 1. The van der Waals surface area contributed by atoms with Crippen LogP contribution in [0, 0.1) is 6.92 Å². The van der Waals surface area contributed by atoms with E-state index in [0.717, 1.165) is 15.6 Å². The fourth-order valence-electron chi connectivity index (χ4n) is 1.14. The second-order valence-corrected chi connectivity index (χ2v) is 3.68. The largest absolute Gasteiger partial charge is 0.322 e. The second-order valence-electron chi connectivity index (χ2n) is 2.76. The van der Waals surface area contributed by atoms with Gasteiger partial charge < -0.3 is 5.73 Å². The molecule has 3 heteroatoms. The Bertz CT molecular complexity index is 275. The molecule has 0 heterocycles. The summed E-state index contributed by atoms with van der Waals surface area (Å²) in [6, 6.07) is 5.17. The molecule has 0 aliphatic carbocycles. The predicted octanol–water partition coefficient (Wildman–Crippen LogP) is 2.73. The molecule has 0 fully saturated rings. The molecule has 2 N–H and O–H groups in total. The first-order valence-electron chi connectivity index (χ1n) is 3.72. The Balaban J connectivity index is 3.01. The minimum atomic E-state index is -0.511. The SMILES string of the molecule is Cc1cc(Br)ccc1[C@@H](N)CF. The molecule has 1 rings (SSSR count). The van der Waals surface area contributed by atoms with Gasteiger partial charge in [0.2, 0.25) is 0 Å². The molecule has 0 saturated heterocycles. The number of benzene rings is 1.